The summed E-state index contributed by atoms with van der Waals surface area (Å²) in [6, 6.07) is 0. The maximum Gasteiger partial charge on any atom is 0.263 e. The molecule has 0 spiro atoms. The fourth-order valence-corrected chi connectivity index (χ4v) is 3.52. The summed E-state index contributed by atoms with van der Waals surface area (Å²) in [7, 11) is 0. The van der Waals surface area contributed by atoms with Crippen LogP contribution in [0.3, 0.4) is 0 Å². The van der Waals surface area contributed by atoms with Crippen LogP contribution in [0.2, 0.25) is 0 Å². The molecule has 2 aromatic heterocycles. The molecule has 4 heterocycles. The molecule has 0 saturated carbocycles. The van der Waals surface area contributed by atoms with Gasteiger partial charge in [0.15, 0.2) is 0 Å². The molecule has 0 aromatic carbocycles. The quantitative estimate of drug-likeness (QED) is 0.811. The molecule has 0 N–H and O–H groups in total. The zero-order valence-electron chi connectivity index (χ0n) is 13.8. The number of nitrogens with zero attached hydrogens (tertiary/aromatic N) is 5. The number of hydrogen-bond acceptors (Lipinski definition) is 7. The van der Waals surface area contributed by atoms with E-state index < -0.39 is 0 Å². The first kappa shape index (κ1) is 15.3. The smallest absolute Gasteiger partial charge is 0.263 e. The standard InChI is InChI=1S/C16H21N5O3/c1-11-13-14(17-10-18-15(13)24-19-11)20-4-2-12(3-5-20)16(22)21-6-8-23-9-7-21/h10,12H,2-9H2,1H3. The van der Waals surface area contributed by atoms with Crippen LogP contribution in [0, 0.1) is 12.8 Å². The summed E-state index contributed by atoms with van der Waals surface area (Å²) in [6.07, 6.45) is 3.19. The Morgan fingerprint density at radius 1 is 1.17 bits per heavy atom. The Morgan fingerprint density at radius 3 is 2.67 bits per heavy atom. The molecular weight excluding hydrogens is 310 g/mol. The Bertz CT molecular complexity index is 732. The lowest BCUT2D eigenvalue weighted by Gasteiger charge is -2.36. The molecule has 0 radical (unpaired) electrons. The summed E-state index contributed by atoms with van der Waals surface area (Å²) >= 11 is 0. The monoisotopic (exact) mass is 331 g/mol. The number of anilines is 1. The minimum atomic E-state index is 0.0975. The lowest BCUT2D eigenvalue weighted by Crippen LogP contribution is -2.47. The molecule has 24 heavy (non-hydrogen) atoms. The minimum Gasteiger partial charge on any atom is -0.378 e. The Hall–Kier alpha value is -2.22. The number of piperidine rings is 1. The van der Waals surface area contributed by atoms with Crippen molar-refractivity contribution in [2.45, 2.75) is 19.8 Å². The second-order valence-electron chi connectivity index (χ2n) is 6.34. The third-order valence-electron chi connectivity index (χ3n) is 4.89. The van der Waals surface area contributed by atoms with Gasteiger partial charge < -0.3 is 19.1 Å². The van der Waals surface area contributed by atoms with Crippen LogP contribution < -0.4 is 4.90 Å². The van der Waals surface area contributed by atoms with Gasteiger partial charge in [0, 0.05) is 32.1 Å². The van der Waals surface area contributed by atoms with E-state index >= 15 is 0 Å². The van der Waals surface area contributed by atoms with Crippen LogP contribution in [-0.4, -0.2) is 65.3 Å². The summed E-state index contributed by atoms with van der Waals surface area (Å²) in [5, 5.41) is 4.85. The molecule has 8 heteroatoms. The first-order valence-electron chi connectivity index (χ1n) is 8.42. The van der Waals surface area contributed by atoms with Crippen LogP contribution in [0.25, 0.3) is 11.1 Å². The fourth-order valence-electron chi connectivity index (χ4n) is 3.52. The number of fused-ring (bicyclic) bond motifs is 1. The number of carbonyl (C=O) groups excluding carboxylic acids is 1. The van der Waals surface area contributed by atoms with Crippen molar-refractivity contribution in [1.29, 1.82) is 0 Å². The molecule has 8 nitrogen and oxygen atoms in total. The lowest BCUT2D eigenvalue weighted by molar-refractivity contribution is -0.140. The Kier molecular flexibility index (Phi) is 4.05. The van der Waals surface area contributed by atoms with Crippen molar-refractivity contribution in [3.63, 3.8) is 0 Å². The zero-order chi connectivity index (χ0) is 16.5. The SMILES string of the molecule is Cc1noc2ncnc(N3CCC(C(=O)N4CCOCC4)CC3)c12. The molecule has 4 rings (SSSR count). The molecule has 2 saturated heterocycles. The second kappa shape index (κ2) is 6.35. The average Bonchev–Trinajstić information content (AvgIpc) is 3.03. The molecule has 1 amide bonds. The number of aryl methyl sites for hydroxylation is 1. The molecule has 2 aliphatic heterocycles. The van der Waals surface area contributed by atoms with Gasteiger partial charge in [0.1, 0.15) is 17.5 Å². The normalized spacial score (nSPS) is 19.9. The van der Waals surface area contributed by atoms with Gasteiger partial charge in [0.05, 0.1) is 18.9 Å². The van der Waals surface area contributed by atoms with E-state index in [9.17, 15) is 4.79 Å². The molecule has 0 bridgehead atoms. The van der Waals surface area contributed by atoms with Crippen LogP contribution in [0.4, 0.5) is 5.82 Å². The third kappa shape index (κ3) is 2.71. The summed E-state index contributed by atoms with van der Waals surface area (Å²) < 4.78 is 10.5. The van der Waals surface area contributed by atoms with E-state index in [0.717, 1.165) is 42.8 Å². The molecule has 0 atom stereocenters. The summed E-state index contributed by atoms with van der Waals surface area (Å²) in [4.78, 5) is 25.3. The van der Waals surface area contributed by atoms with Crippen molar-refractivity contribution in [3.8, 4) is 0 Å². The van der Waals surface area contributed by atoms with E-state index in [0.29, 0.717) is 32.0 Å². The molecule has 2 aliphatic rings. The van der Waals surface area contributed by atoms with E-state index in [1.54, 1.807) is 0 Å². The number of amides is 1. The number of aromatic nitrogens is 3. The summed E-state index contributed by atoms with van der Waals surface area (Å²) in [5.74, 6) is 1.23. The Balaban J connectivity index is 1.45. The maximum absolute atomic E-state index is 12.6. The first-order valence-corrected chi connectivity index (χ1v) is 8.42. The molecule has 0 aliphatic carbocycles. The average molecular weight is 331 g/mol. The predicted molar refractivity (Wildman–Crippen MR) is 86.7 cm³/mol. The predicted octanol–water partition coefficient (Wildman–Crippen LogP) is 1.00. The Labute approximate surface area is 139 Å². The van der Waals surface area contributed by atoms with Gasteiger partial charge >= 0.3 is 0 Å². The van der Waals surface area contributed by atoms with E-state index in [1.165, 1.54) is 6.33 Å². The first-order chi connectivity index (χ1) is 11.7. The van der Waals surface area contributed by atoms with Crippen molar-refractivity contribution in [3.05, 3.63) is 12.0 Å². The third-order valence-corrected chi connectivity index (χ3v) is 4.89. The highest BCUT2D eigenvalue weighted by Crippen LogP contribution is 2.29. The van der Waals surface area contributed by atoms with Crippen LogP contribution in [0.5, 0.6) is 0 Å². The topological polar surface area (TPSA) is 84.6 Å². The van der Waals surface area contributed by atoms with Gasteiger partial charge in [0.2, 0.25) is 5.91 Å². The molecular formula is C16H21N5O3. The number of morpholine rings is 1. The van der Waals surface area contributed by atoms with E-state index in [4.69, 9.17) is 9.26 Å². The zero-order valence-corrected chi connectivity index (χ0v) is 13.8. The van der Waals surface area contributed by atoms with Gasteiger partial charge in [-0.3, -0.25) is 4.79 Å². The van der Waals surface area contributed by atoms with Crippen molar-refractivity contribution >= 4 is 22.8 Å². The van der Waals surface area contributed by atoms with Gasteiger partial charge in [-0.1, -0.05) is 5.16 Å². The van der Waals surface area contributed by atoms with Gasteiger partial charge in [-0.25, -0.2) is 4.98 Å². The Morgan fingerprint density at radius 2 is 1.92 bits per heavy atom. The summed E-state index contributed by atoms with van der Waals surface area (Å²) in [6.45, 7) is 6.23. The molecule has 2 fully saturated rings. The van der Waals surface area contributed by atoms with Crippen molar-refractivity contribution in [2.75, 3.05) is 44.3 Å². The van der Waals surface area contributed by atoms with Crippen LogP contribution >= 0.6 is 0 Å². The highest BCUT2D eigenvalue weighted by Gasteiger charge is 2.30. The van der Waals surface area contributed by atoms with E-state index in [-0.39, 0.29) is 11.8 Å². The van der Waals surface area contributed by atoms with E-state index in [2.05, 4.69) is 20.0 Å². The van der Waals surface area contributed by atoms with Crippen LogP contribution in [-0.2, 0) is 9.53 Å². The van der Waals surface area contributed by atoms with Gasteiger partial charge in [-0.05, 0) is 19.8 Å². The van der Waals surface area contributed by atoms with Crippen molar-refractivity contribution < 1.29 is 14.1 Å². The molecule has 128 valence electrons. The number of carbonyl (C=O) groups is 1. The van der Waals surface area contributed by atoms with Crippen molar-refractivity contribution in [1.82, 2.24) is 20.0 Å². The number of rotatable bonds is 2. The van der Waals surface area contributed by atoms with Gasteiger partial charge in [-0.2, -0.15) is 4.98 Å². The summed E-state index contributed by atoms with van der Waals surface area (Å²) in [5.41, 5.74) is 1.32. The largest absolute Gasteiger partial charge is 0.378 e. The van der Waals surface area contributed by atoms with Gasteiger partial charge in [-0.15, -0.1) is 0 Å². The molecule has 2 aromatic rings. The second-order valence-corrected chi connectivity index (χ2v) is 6.34. The van der Waals surface area contributed by atoms with Crippen LogP contribution in [0.1, 0.15) is 18.5 Å². The number of hydrogen-bond donors (Lipinski definition) is 0. The van der Waals surface area contributed by atoms with Crippen molar-refractivity contribution in [2.24, 2.45) is 5.92 Å². The lowest BCUT2D eigenvalue weighted by atomic mass is 9.95. The van der Waals surface area contributed by atoms with Crippen LogP contribution in [0.15, 0.2) is 10.9 Å². The minimum absolute atomic E-state index is 0.0975. The fraction of sp³-hybridized carbons (Fsp3) is 0.625. The molecule has 0 unspecified atom stereocenters. The maximum atomic E-state index is 12.6. The highest BCUT2D eigenvalue weighted by atomic mass is 16.5. The number of ether oxygens (including phenoxy) is 1. The van der Waals surface area contributed by atoms with Gasteiger partial charge in [0.25, 0.3) is 5.71 Å². The van der Waals surface area contributed by atoms with E-state index in [1.807, 2.05) is 11.8 Å². The highest BCUT2D eigenvalue weighted by molar-refractivity contribution is 5.88.